The second-order valence-corrected chi connectivity index (χ2v) is 5.91. The molecular weight excluding hydrogens is 246 g/mol. The van der Waals surface area contributed by atoms with Crippen molar-refractivity contribution < 1.29 is 4.74 Å². The Morgan fingerprint density at radius 1 is 1.20 bits per heavy atom. The van der Waals surface area contributed by atoms with E-state index in [4.69, 9.17) is 4.74 Å². The van der Waals surface area contributed by atoms with Gasteiger partial charge < -0.3 is 10.1 Å². The van der Waals surface area contributed by atoms with Gasteiger partial charge in [-0.3, -0.25) is 0 Å². The second kappa shape index (κ2) is 7.68. The summed E-state index contributed by atoms with van der Waals surface area (Å²) in [7, 11) is 0. The van der Waals surface area contributed by atoms with Crippen LogP contribution in [0.1, 0.15) is 52.0 Å². The zero-order chi connectivity index (χ0) is 14.4. The molecule has 2 rings (SSSR count). The van der Waals surface area contributed by atoms with Gasteiger partial charge in [-0.05, 0) is 55.8 Å². The van der Waals surface area contributed by atoms with Gasteiger partial charge in [0.05, 0.1) is 0 Å². The first kappa shape index (κ1) is 15.4. The van der Waals surface area contributed by atoms with Crippen LogP contribution in [0.2, 0.25) is 0 Å². The fourth-order valence-corrected chi connectivity index (χ4v) is 3.22. The second-order valence-electron chi connectivity index (χ2n) is 5.91. The van der Waals surface area contributed by atoms with E-state index in [9.17, 15) is 0 Å². The Bertz CT molecular complexity index is 404. The van der Waals surface area contributed by atoms with E-state index in [-0.39, 0.29) is 0 Å². The van der Waals surface area contributed by atoms with Crippen LogP contribution in [0.15, 0.2) is 24.3 Å². The van der Waals surface area contributed by atoms with Gasteiger partial charge in [-0.25, -0.2) is 0 Å². The molecule has 0 radical (unpaired) electrons. The number of hydrogen-bond donors (Lipinski definition) is 1. The normalized spacial score (nSPS) is 26.4. The van der Waals surface area contributed by atoms with Gasteiger partial charge in [-0.15, -0.1) is 0 Å². The molecule has 0 spiro atoms. The average molecular weight is 275 g/mol. The summed E-state index contributed by atoms with van der Waals surface area (Å²) in [6.07, 6.45) is 6.42. The Balaban J connectivity index is 2.05. The molecule has 1 aliphatic carbocycles. The van der Waals surface area contributed by atoms with Crippen molar-refractivity contribution in [2.24, 2.45) is 5.92 Å². The van der Waals surface area contributed by atoms with Crippen molar-refractivity contribution >= 4 is 0 Å². The summed E-state index contributed by atoms with van der Waals surface area (Å²) in [5, 5.41) is 3.60. The fourth-order valence-electron chi connectivity index (χ4n) is 3.22. The molecule has 0 aliphatic heterocycles. The van der Waals surface area contributed by atoms with E-state index in [1.807, 2.05) is 0 Å². The van der Waals surface area contributed by atoms with Crippen molar-refractivity contribution in [3.05, 3.63) is 29.8 Å². The summed E-state index contributed by atoms with van der Waals surface area (Å²) in [4.78, 5) is 0. The number of ether oxygens (including phenoxy) is 1. The monoisotopic (exact) mass is 275 g/mol. The molecule has 1 aromatic carbocycles. The summed E-state index contributed by atoms with van der Waals surface area (Å²) >= 11 is 0. The van der Waals surface area contributed by atoms with Crippen LogP contribution in [0.5, 0.6) is 5.75 Å². The number of benzene rings is 1. The third-order valence-corrected chi connectivity index (χ3v) is 4.54. The molecule has 1 aromatic rings. The van der Waals surface area contributed by atoms with Crippen LogP contribution in [0.3, 0.4) is 0 Å². The Morgan fingerprint density at radius 3 is 2.75 bits per heavy atom. The first-order valence-electron chi connectivity index (χ1n) is 8.25. The highest BCUT2D eigenvalue weighted by Crippen LogP contribution is 2.30. The van der Waals surface area contributed by atoms with E-state index in [1.54, 1.807) is 0 Å². The first-order chi connectivity index (χ1) is 9.76. The highest BCUT2D eigenvalue weighted by Gasteiger charge is 2.30. The Labute approximate surface area is 123 Å². The maximum atomic E-state index is 6.33. The minimum Gasteiger partial charge on any atom is -0.489 e. The van der Waals surface area contributed by atoms with E-state index < -0.39 is 0 Å². The molecule has 1 aliphatic rings. The molecule has 1 fully saturated rings. The van der Waals surface area contributed by atoms with Crippen molar-refractivity contribution in [1.29, 1.82) is 0 Å². The van der Waals surface area contributed by atoms with Crippen LogP contribution in [0, 0.1) is 5.92 Å². The predicted molar refractivity (Wildman–Crippen MR) is 85.3 cm³/mol. The lowest BCUT2D eigenvalue weighted by Crippen LogP contribution is -2.47. The van der Waals surface area contributed by atoms with Crippen molar-refractivity contribution in [1.82, 2.24) is 5.32 Å². The van der Waals surface area contributed by atoms with Crippen molar-refractivity contribution in [2.45, 2.75) is 65.0 Å². The summed E-state index contributed by atoms with van der Waals surface area (Å²) in [5.41, 5.74) is 1.35. The van der Waals surface area contributed by atoms with Gasteiger partial charge in [0.25, 0.3) is 0 Å². The zero-order valence-electron chi connectivity index (χ0n) is 13.2. The molecule has 0 saturated heterocycles. The van der Waals surface area contributed by atoms with Crippen LogP contribution >= 0.6 is 0 Å². The third-order valence-electron chi connectivity index (χ3n) is 4.54. The molecule has 0 heterocycles. The molecule has 1 saturated carbocycles. The Morgan fingerprint density at radius 2 is 2.05 bits per heavy atom. The highest BCUT2D eigenvalue weighted by molar-refractivity contribution is 5.28. The molecule has 3 unspecified atom stereocenters. The lowest BCUT2D eigenvalue weighted by Gasteiger charge is -2.36. The third kappa shape index (κ3) is 3.99. The number of nitrogens with one attached hydrogen (secondary N) is 1. The Hall–Kier alpha value is -1.02. The molecule has 112 valence electrons. The van der Waals surface area contributed by atoms with E-state index in [1.165, 1.54) is 31.2 Å². The van der Waals surface area contributed by atoms with E-state index in [0.29, 0.717) is 12.1 Å². The smallest absolute Gasteiger partial charge is 0.120 e. The molecule has 0 amide bonds. The molecule has 2 nitrogen and oxygen atoms in total. The number of likely N-dealkylation sites (N-methyl/N-ethyl adjacent to an activating group) is 1. The quantitative estimate of drug-likeness (QED) is 0.840. The average Bonchev–Trinajstić information content (AvgIpc) is 2.49. The molecular formula is C18H29NO. The lowest BCUT2D eigenvalue weighted by molar-refractivity contribution is 0.0856. The highest BCUT2D eigenvalue weighted by atomic mass is 16.5. The molecule has 2 heteroatoms. The minimum atomic E-state index is 0.320. The number of hydrogen-bond acceptors (Lipinski definition) is 2. The SMILES string of the molecule is CCNC1CCC(CC)CC1Oc1cccc(CC)c1. The van der Waals surface area contributed by atoms with E-state index >= 15 is 0 Å². The van der Waals surface area contributed by atoms with Gasteiger partial charge in [-0.2, -0.15) is 0 Å². The van der Waals surface area contributed by atoms with E-state index in [2.05, 4.69) is 50.4 Å². The van der Waals surface area contributed by atoms with E-state index in [0.717, 1.165) is 24.6 Å². The number of rotatable bonds is 6. The molecule has 3 atom stereocenters. The predicted octanol–water partition coefficient (Wildman–Crippen LogP) is 4.18. The number of aryl methyl sites for hydroxylation is 1. The first-order valence-corrected chi connectivity index (χ1v) is 8.25. The lowest BCUT2D eigenvalue weighted by atomic mass is 9.82. The van der Waals surface area contributed by atoms with Gasteiger partial charge in [-0.1, -0.05) is 39.3 Å². The summed E-state index contributed by atoms with van der Waals surface area (Å²) < 4.78 is 6.33. The zero-order valence-corrected chi connectivity index (χ0v) is 13.2. The van der Waals surface area contributed by atoms with Crippen LogP contribution in [-0.2, 0) is 6.42 Å². The van der Waals surface area contributed by atoms with Gasteiger partial charge in [0.1, 0.15) is 11.9 Å². The van der Waals surface area contributed by atoms with Gasteiger partial charge in [0.2, 0.25) is 0 Å². The van der Waals surface area contributed by atoms with Crippen molar-refractivity contribution in [3.8, 4) is 5.75 Å². The summed E-state index contributed by atoms with van der Waals surface area (Å²) in [5.74, 6) is 1.86. The van der Waals surface area contributed by atoms with Gasteiger partial charge in [0, 0.05) is 6.04 Å². The van der Waals surface area contributed by atoms with Crippen LogP contribution < -0.4 is 10.1 Å². The van der Waals surface area contributed by atoms with Crippen molar-refractivity contribution in [2.75, 3.05) is 6.54 Å². The topological polar surface area (TPSA) is 21.3 Å². The molecule has 0 bridgehead atoms. The molecule has 0 aromatic heterocycles. The van der Waals surface area contributed by atoms with Gasteiger partial charge >= 0.3 is 0 Å². The van der Waals surface area contributed by atoms with Crippen LogP contribution in [0.4, 0.5) is 0 Å². The maximum absolute atomic E-state index is 6.33. The fraction of sp³-hybridized carbons (Fsp3) is 0.667. The Kier molecular flexibility index (Phi) is 5.90. The standard InChI is InChI=1S/C18H29NO/c1-4-14-8-7-9-16(12-14)20-18-13-15(5-2)10-11-17(18)19-6-3/h7-9,12,15,17-19H,4-6,10-11,13H2,1-3H3. The maximum Gasteiger partial charge on any atom is 0.120 e. The van der Waals surface area contributed by atoms with Crippen LogP contribution in [0.25, 0.3) is 0 Å². The summed E-state index contributed by atoms with van der Waals surface area (Å²) in [6, 6.07) is 9.07. The van der Waals surface area contributed by atoms with Crippen LogP contribution in [-0.4, -0.2) is 18.7 Å². The minimum absolute atomic E-state index is 0.320. The largest absolute Gasteiger partial charge is 0.489 e. The molecule has 1 N–H and O–H groups in total. The van der Waals surface area contributed by atoms with Gasteiger partial charge in [0.15, 0.2) is 0 Å². The van der Waals surface area contributed by atoms with Crippen molar-refractivity contribution in [3.63, 3.8) is 0 Å². The molecule has 20 heavy (non-hydrogen) atoms. The summed E-state index contributed by atoms with van der Waals surface area (Å²) in [6.45, 7) is 7.69.